The molecule has 154 valence electrons. The average molecular weight is 486 g/mol. The Bertz CT molecular complexity index is 735. The third kappa shape index (κ3) is 7.60. The topological polar surface area (TPSA) is 55.9 Å². The molecule has 0 N–H and O–H groups in total. The zero-order valence-electron chi connectivity index (χ0n) is 17.1. The van der Waals surface area contributed by atoms with Crippen molar-refractivity contribution >= 4 is 62.9 Å². The Morgan fingerprint density at radius 3 is 1.64 bits per heavy atom. The quantitative estimate of drug-likeness (QED) is 0.241. The minimum absolute atomic E-state index is 0.564. The van der Waals surface area contributed by atoms with Crippen molar-refractivity contribution < 1.29 is 0 Å². The summed E-state index contributed by atoms with van der Waals surface area (Å²) in [6.07, 6.45) is 0. The van der Waals surface area contributed by atoms with Crippen molar-refractivity contribution in [3.63, 3.8) is 0 Å². The van der Waals surface area contributed by atoms with Gasteiger partial charge in [-0.05, 0) is 46.8 Å². The van der Waals surface area contributed by atoms with E-state index in [4.69, 9.17) is 0 Å². The van der Waals surface area contributed by atoms with Crippen LogP contribution in [0.4, 0.5) is 0 Å². The van der Waals surface area contributed by atoms with Crippen molar-refractivity contribution in [3.05, 3.63) is 34.3 Å². The van der Waals surface area contributed by atoms with Crippen LogP contribution >= 0.6 is 41.2 Å². The normalized spacial score (nSPS) is 13.7. The zero-order chi connectivity index (χ0) is 21.1. The molecule has 1 aromatic carbocycles. The highest BCUT2D eigenvalue weighted by Gasteiger charge is 2.10. The Labute approximate surface area is 187 Å². The lowest BCUT2D eigenvalue weighted by molar-refractivity contribution is 0.473. The number of amidine groups is 2. The molecule has 0 radical (unpaired) electrons. The van der Waals surface area contributed by atoms with Crippen molar-refractivity contribution in [3.8, 4) is 0 Å². The summed E-state index contributed by atoms with van der Waals surface area (Å²) in [5.74, 6) is 0. The molecule has 0 atom stereocenters. The van der Waals surface area contributed by atoms with E-state index in [2.05, 4.69) is 89.3 Å². The van der Waals surface area contributed by atoms with Gasteiger partial charge in [-0.1, -0.05) is 28.1 Å². The molecule has 1 rings (SSSR count). The largest absolute Gasteiger partial charge is 0.351 e. The van der Waals surface area contributed by atoms with Crippen LogP contribution in [0.2, 0.25) is 0 Å². The van der Waals surface area contributed by atoms with Crippen LogP contribution in [0.5, 0.6) is 0 Å². The van der Waals surface area contributed by atoms with Gasteiger partial charge in [0.25, 0.3) is 0 Å². The predicted molar refractivity (Wildman–Crippen MR) is 132 cm³/mol. The molecule has 0 unspecified atom stereocenters. The summed E-state index contributed by atoms with van der Waals surface area (Å²) < 4.78 is 0.990. The molecule has 6 nitrogen and oxygen atoms in total. The highest BCUT2D eigenvalue weighted by atomic mass is 79.9. The second-order valence-electron chi connectivity index (χ2n) is 5.79. The van der Waals surface area contributed by atoms with Gasteiger partial charge in [-0.3, -0.25) is 0 Å². The Hall–Kier alpha value is -1.32. The van der Waals surface area contributed by atoms with Gasteiger partial charge >= 0.3 is 0 Å². The number of benzene rings is 1. The average Bonchev–Trinajstić information content (AvgIpc) is 2.69. The molecule has 1 aromatic rings. The first-order valence-electron chi connectivity index (χ1n) is 9.29. The molecule has 0 fully saturated rings. The van der Waals surface area contributed by atoms with Gasteiger partial charge in [0.2, 0.25) is 0 Å². The van der Waals surface area contributed by atoms with Crippen LogP contribution in [-0.4, -0.2) is 57.7 Å². The first kappa shape index (κ1) is 24.7. The molecule has 0 heterocycles. The lowest BCUT2D eigenvalue weighted by atomic mass is 10.1. The van der Waals surface area contributed by atoms with Gasteiger partial charge in [-0.25, -0.2) is 0 Å². The molecule has 0 aliphatic heterocycles. The molecule has 0 amide bonds. The van der Waals surface area contributed by atoms with Crippen molar-refractivity contribution in [1.29, 1.82) is 0 Å². The second-order valence-corrected chi connectivity index (χ2v) is 7.50. The summed E-state index contributed by atoms with van der Waals surface area (Å²) in [6.45, 7) is 13.3. The fourth-order valence-corrected chi connectivity index (χ4v) is 3.27. The fourth-order valence-electron chi connectivity index (χ4n) is 2.35. The molecule has 0 bridgehead atoms. The van der Waals surface area contributed by atoms with Crippen LogP contribution in [0.3, 0.4) is 0 Å². The Morgan fingerprint density at radius 2 is 1.21 bits per heavy atom. The van der Waals surface area contributed by atoms with Crippen LogP contribution in [0.1, 0.15) is 40.2 Å². The van der Waals surface area contributed by atoms with Crippen LogP contribution in [0, 0.1) is 0 Å². The molecule has 0 saturated heterocycles. The smallest absolute Gasteiger partial charge is 0.182 e. The second kappa shape index (κ2) is 13.0. The number of thiol groups is 2. The van der Waals surface area contributed by atoms with Crippen LogP contribution in [-0.2, 0) is 0 Å². The van der Waals surface area contributed by atoms with E-state index < -0.39 is 0 Å². The minimum Gasteiger partial charge on any atom is -0.351 e. The van der Waals surface area contributed by atoms with Gasteiger partial charge in [0.05, 0.1) is 5.71 Å². The molecule has 0 aromatic heterocycles. The number of halogens is 1. The molecule has 0 spiro atoms. The van der Waals surface area contributed by atoms with E-state index in [1.54, 1.807) is 0 Å². The molecule has 0 saturated carbocycles. The summed E-state index contributed by atoms with van der Waals surface area (Å²) in [6, 6.07) is 7.83. The third-order valence-corrected chi connectivity index (χ3v) is 5.36. The first-order chi connectivity index (χ1) is 13.4. The van der Waals surface area contributed by atoms with Crippen LogP contribution in [0.25, 0.3) is 0 Å². The molecule has 0 aliphatic rings. The highest BCUT2D eigenvalue weighted by molar-refractivity contribution is 9.10. The summed E-state index contributed by atoms with van der Waals surface area (Å²) in [7, 11) is 0. The molecule has 9 heteroatoms. The molecule has 28 heavy (non-hydrogen) atoms. The van der Waals surface area contributed by atoms with E-state index in [0.29, 0.717) is 21.8 Å². The SMILES string of the molecule is CCN(CC)/C(S)=N/N=C(C)/C(=N/N=C(\S)N(CC)CC)c1ccc(Br)cc1. The third-order valence-electron chi connectivity index (χ3n) is 4.08. The van der Waals surface area contributed by atoms with E-state index in [1.807, 2.05) is 41.0 Å². The van der Waals surface area contributed by atoms with Crippen molar-refractivity contribution in [1.82, 2.24) is 9.80 Å². The zero-order valence-corrected chi connectivity index (χ0v) is 20.5. The van der Waals surface area contributed by atoms with Gasteiger partial charge in [0, 0.05) is 36.2 Å². The van der Waals surface area contributed by atoms with Gasteiger partial charge in [-0.2, -0.15) is 5.10 Å². The summed E-state index contributed by atoms with van der Waals surface area (Å²) in [5, 5.41) is 18.5. The maximum Gasteiger partial charge on any atom is 0.182 e. The van der Waals surface area contributed by atoms with Crippen molar-refractivity contribution in [2.75, 3.05) is 26.2 Å². The standard InChI is InChI=1S/C19H29BrN6S2/c1-6-25(7-2)18(27)23-21-14(5)17(15-10-12-16(20)13-11-15)22-24-19(28)26(8-3)9-4/h10-13H,6-9H2,1-5H3,(H,23,27)(H,24,28)/b21-14+,22-17-. The Kier molecular flexibility index (Phi) is 11.5. The van der Waals surface area contributed by atoms with Crippen LogP contribution < -0.4 is 0 Å². The minimum atomic E-state index is 0.564. The van der Waals surface area contributed by atoms with Gasteiger partial charge in [0.1, 0.15) is 5.71 Å². The number of hydrogen-bond acceptors (Lipinski definition) is 4. The lowest BCUT2D eigenvalue weighted by Crippen LogP contribution is -2.27. The monoisotopic (exact) mass is 484 g/mol. The number of rotatable bonds is 8. The van der Waals surface area contributed by atoms with E-state index in [9.17, 15) is 0 Å². The maximum absolute atomic E-state index is 4.47. The van der Waals surface area contributed by atoms with Crippen molar-refractivity contribution in [2.45, 2.75) is 34.6 Å². The van der Waals surface area contributed by atoms with E-state index >= 15 is 0 Å². The highest BCUT2D eigenvalue weighted by Crippen LogP contribution is 2.13. The van der Waals surface area contributed by atoms with Crippen molar-refractivity contribution in [2.24, 2.45) is 20.4 Å². The summed E-state index contributed by atoms with van der Waals surface area (Å²) in [5.41, 5.74) is 2.17. The lowest BCUT2D eigenvalue weighted by Gasteiger charge is -2.18. The number of hydrogen-bond donors (Lipinski definition) is 2. The van der Waals surface area contributed by atoms with E-state index in [1.165, 1.54) is 0 Å². The first-order valence-corrected chi connectivity index (χ1v) is 11.0. The predicted octanol–water partition coefficient (Wildman–Crippen LogP) is 4.78. The van der Waals surface area contributed by atoms with Gasteiger partial charge in [0.15, 0.2) is 10.3 Å². The number of nitrogens with zero attached hydrogens (tertiary/aromatic N) is 6. The molecule has 0 aliphatic carbocycles. The molecular weight excluding hydrogens is 456 g/mol. The van der Waals surface area contributed by atoms with E-state index in [0.717, 1.165) is 36.2 Å². The maximum atomic E-state index is 4.47. The molecular formula is C19H29BrN6S2. The Morgan fingerprint density at radius 1 is 0.786 bits per heavy atom. The summed E-state index contributed by atoms with van der Waals surface area (Å²) >= 11 is 12.4. The van der Waals surface area contributed by atoms with Crippen LogP contribution in [0.15, 0.2) is 49.1 Å². The van der Waals surface area contributed by atoms with E-state index in [-0.39, 0.29) is 0 Å². The van der Waals surface area contributed by atoms with Gasteiger partial charge in [-0.15, -0.1) is 40.6 Å². The van der Waals surface area contributed by atoms with Gasteiger partial charge < -0.3 is 9.80 Å². The fraction of sp³-hybridized carbons (Fsp3) is 0.474. The summed E-state index contributed by atoms with van der Waals surface area (Å²) in [4.78, 5) is 4.03. The Balaban J connectivity index is 3.32.